The van der Waals surface area contributed by atoms with E-state index in [1.54, 1.807) is 6.92 Å². The van der Waals surface area contributed by atoms with Crippen LogP contribution in [0.5, 0.6) is 0 Å². The monoisotopic (exact) mass is 496 g/mol. The molecule has 1 saturated heterocycles. The van der Waals surface area contributed by atoms with Crippen molar-refractivity contribution in [1.29, 1.82) is 0 Å². The van der Waals surface area contributed by atoms with Crippen molar-refractivity contribution < 1.29 is 30.8 Å². The Balaban J connectivity index is 1.49. The Labute approximate surface area is 193 Å². The van der Waals surface area contributed by atoms with Gasteiger partial charge in [0.1, 0.15) is 5.82 Å². The van der Waals surface area contributed by atoms with Crippen molar-refractivity contribution in [3.05, 3.63) is 77.4 Å². The number of carbonyl (C=O) groups is 1. The molecular weight excluding hydrogens is 476 g/mol. The Bertz CT molecular complexity index is 1330. The molecule has 0 bridgehead atoms. The van der Waals surface area contributed by atoms with Crippen LogP contribution in [0.1, 0.15) is 21.6 Å². The van der Waals surface area contributed by atoms with Gasteiger partial charge in [-0.05, 0) is 43.3 Å². The molecule has 0 aliphatic carbocycles. The van der Waals surface area contributed by atoms with E-state index in [1.165, 1.54) is 44.3 Å². The van der Waals surface area contributed by atoms with Crippen molar-refractivity contribution >= 4 is 15.9 Å². The molecule has 1 amide bonds. The third-order valence-electron chi connectivity index (χ3n) is 5.62. The van der Waals surface area contributed by atoms with E-state index >= 15 is 0 Å². The first kappa shape index (κ1) is 23.9. The second-order valence-electron chi connectivity index (χ2n) is 7.76. The number of halogens is 4. The van der Waals surface area contributed by atoms with Crippen LogP contribution in [0.4, 0.5) is 17.6 Å². The fourth-order valence-electron chi connectivity index (χ4n) is 3.77. The Morgan fingerprint density at radius 1 is 1.00 bits per heavy atom. The van der Waals surface area contributed by atoms with E-state index in [9.17, 15) is 30.8 Å². The van der Waals surface area contributed by atoms with Crippen LogP contribution in [0.2, 0.25) is 0 Å². The minimum Gasteiger partial charge on any atom is -0.336 e. The highest BCUT2D eigenvalue weighted by atomic mass is 32.2. The zero-order valence-corrected chi connectivity index (χ0v) is 18.8. The highest BCUT2D eigenvalue weighted by Crippen LogP contribution is 2.30. The zero-order chi connectivity index (χ0) is 24.7. The summed E-state index contributed by atoms with van der Waals surface area (Å²) in [7, 11) is -3.91. The zero-order valence-electron chi connectivity index (χ0n) is 18.0. The first-order valence-corrected chi connectivity index (χ1v) is 11.7. The van der Waals surface area contributed by atoms with Gasteiger partial charge in [0.2, 0.25) is 10.0 Å². The van der Waals surface area contributed by atoms with Crippen molar-refractivity contribution in [1.82, 2.24) is 19.0 Å². The van der Waals surface area contributed by atoms with Gasteiger partial charge in [-0.2, -0.15) is 22.6 Å². The number of aromatic nitrogens is 2. The standard InChI is InChI=1S/C22H20F4N4O3S/c1-15-20(14-27-30(15)18-6-2-4-16(12-18)22(24,25)26)21(31)28-8-10-29(11-9-28)34(32,33)19-7-3-5-17(23)13-19/h2-7,12-14H,8-11H2,1H3. The summed E-state index contributed by atoms with van der Waals surface area (Å²) in [5.41, 5.74) is -0.0984. The number of sulfonamides is 1. The van der Waals surface area contributed by atoms with Crippen molar-refractivity contribution in [3.8, 4) is 5.69 Å². The topological polar surface area (TPSA) is 75.5 Å². The normalized spacial score (nSPS) is 15.5. The molecule has 0 saturated carbocycles. The number of carbonyl (C=O) groups excluding carboxylic acids is 1. The van der Waals surface area contributed by atoms with Gasteiger partial charge < -0.3 is 4.90 Å². The molecule has 2 heterocycles. The number of hydrogen-bond donors (Lipinski definition) is 0. The number of alkyl halides is 3. The second kappa shape index (κ2) is 8.84. The van der Waals surface area contributed by atoms with E-state index in [4.69, 9.17) is 0 Å². The summed E-state index contributed by atoms with van der Waals surface area (Å²) < 4.78 is 80.6. The number of nitrogens with zero attached hydrogens (tertiary/aromatic N) is 4. The van der Waals surface area contributed by atoms with Crippen LogP contribution in [0.15, 0.2) is 59.6 Å². The second-order valence-corrected chi connectivity index (χ2v) is 9.70. The van der Waals surface area contributed by atoms with Crippen molar-refractivity contribution in [2.24, 2.45) is 0 Å². The first-order chi connectivity index (χ1) is 16.0. The molecule has 0 spiro atoms. The Hall–Kier alpha value is -3.25. The van der Waals surface area contributed by atoms with Crippen molar-refractivity contribution in [3.63, 3.8) is 0 Å². The molecule has 1 aromatic heterocycles. The maximum Gasteiger partial charge on any atom is 0.416 e. The number of piperazine rings is 1. The molecule has 4 rings (SSSR count). The van der Waals surface area contributed by atoms with Crippen molar-refractivity contribution in [2.45, 2.75) is 18.0 Å². The Morgan fingerprint density at radius 2 is 1.68 bits per heavy atom. The molecule has 1 aliphatic rings. The molecule has 12 heteroatoms. The molecule has 0 radical (unpaired) electrons. The summed E-state index contributed by atoms with van der Waals surface area (Å²) in [4.78, 5) is 14.3. The number of benzene rings is 2. The molecular formula is C22H20F4N4O3S. The lowest BCUT2D eigenvalue weighted by Gasteiger charge is -2.34. The summed E-state index contributed by atoms with van der Waals surface area (Å²) in [6.45, 7) is 1.81. The lowest BCUT2D eigenvalue weighted by Crippen LogP contribution is -2.50. The minimum atomic E-state index is -4.51. The molecule has 1 aliphatic heterocycles. The highest BCUT2D eigenvalue weighted by molar-refractivity contribution is 7.89. The molecule has 3 aromatic rings. The van der Waals surface area contributed by atoms with Gasteiger partial charge in [0.25, 0.3) is 5.91 Å². The van der Waals surface area contributed by atoms with E-state index in [0.29, 0.717) is 5.69 Å². The Morgan fingerprint density at radius 3 is 2.32 bits per heavy atom. The van der Waals surface area contributed by atoms with Crippen LogP contribution >= 0.6 is 0 Å². The lowest BCUT2D eigenvalue weighted by molar-refractivity contribution is -0.137. The quantitative estimate of drug-likeness (QED) is 0.519. The Kier molecular flexibility index (Phi) is 6.21. The molecule has 0 atom stereocenters. The van der Waals surface area contributed by atoms with Crippen LogP contribution in [0, 0.1) is 12.7 Å². The third-order valence-corrected chi connectivity index (χ3v) is 7.51. The van der Waals surface area contributed by atoms with E-state index in [0.717, 1.165) is 24.3 Å². The van der Waals surface area contributed by atoms with Gasteiger partial charge in [-0.25, -0.2) is 17.5 Å². The smallest absolute Gasteiger partial charge is 0.336 e. The van der Waals surface area contributed by atoms with E-state index in [-0.39, 0.29) is 42.3 Å². The van der Waals surface area contributed by atoms with E-state index < -0.39 is 33.5 Å². The minimum absolute atomic E-state index is 0.0192. The summed E-state index contributed by atoms with van der Waals surface area (Å²) in [6.07, 6.45) is -3.23. The van der Waals surface area contributed by atoms with Gasteiger partial charge in [-0.15, -0.1) is 0 Å². The van der Waals surface area contributed by atoms with Gasteiger partial charge in [-0.1, -0.05) is 12.1 Å². The molecule has 34 heavy (non-hydrogen) atoms. The van der Waals surface area contributed by atoms with Crippen LogP contribution in [0.3, 0.4) is 0 Å². The molecule has 0 N–H and O–H groups in total. The van der Waals surface area contributed by atoms with Gasteiger partial charge in [0.05, 0.1) is 33.6 Å². The fraction of sp³-hybridized carbons (Fsp3) is 0.273. The van der Waals surface area contributed by atoms with E-state index in [2.05, 4.69) is 5.10 Å². The summed E-state index contributed by atoms with van der Waals surface area (Å²) in [6, 6.07) is 9.33. The third kappa shape index (κ3) is 4.55. The molecule has 7 nitrogen and oxygen atoms in total. The van der Waals surface area contributed by atoms with Crippen LogP contribution < -0.4 is 0 Å². The fourth-order valence-corrected chi connectivity index (χ4v) is 5.23. The molecule has 180 valence electrons. The van der Waals surface area contributed by atoms with Gasteiger partial charge in [-0.3, -0.25) is 4.79 Å². The number of rotatable bonds is 4. The predicted octanol–water partition coefficient (Wildman–Crippen LogP) is 3.49. The maximum atomic E-state index is 13.5. The predicted molar refractivity (Wildman–Crippen MR) is 114 cm³/mol. The van der Waals surface area contributed by atoms with Gasteiger partial charge in [0.15, 0.2) is 0 Å². The first-order valence-electron chi connectivity index (χ1n) is 10.3. The number of hydrogen-bond acceptors (Lipinski definition) is 4. The van der Waals surface area contributed by atoms with Gasteiger partial charge in [0, 0.05) is 26.2 Å². The maximum absolute atomic E-state index is 13.5. The van der Waals surface area contributed by atoms with Crippen LogP contribution in [-0.2, 0) is 16.2 Å². The van der Waals surface area contributed by atoms with Gasteiger partial charge >= 0.3 is 6.18 Å². The molecule has 2 aromatic carbocycles. The van der Waals surface area contributed by atoms with Crippen molar-refractivity contribution in [2.75, 3.05) is 26.2 Å². The largest absolute Gasteiger partial charge is 0.416 e. The summed E-state index contributed by atoms with van der Waals surface area (Å²) >= 11 is 0. The average Bonchev–Trinajstić information content (AvgIpc) is 3.19. The summed E-state index contributed by atoms with van der Waals surface area (Å²) in [5.74, 6) is -1.07. The SMILES string of the molecule is Cc1c(C(=O)N2CCN(S(=O)(=O)c3cccc(F)c3)CC2)cnn1-c1cccc(C(F)(F)F)c1. The lowest BCUT2D eigenvalue weighted by atomic mass is 10.2. The van der Waals surface area contributed by atoms with E-state index in [1.807, 2.05) is 0 Å². The summed E-state index contributed by atoms with van der Waals surface area (Å²) in [5, 5.41) is 4.09. The van der Waals surface area contributed by atoms with Crippen LogP contribution in [-0.4, -0.2) is 59.5 Å². The van der Waals surface area contributed by atoms with Crippen LogP contribution in [0.25, 0.3) is 5.69 Å². The average molecular weight is 496 g/mol. The molecule has 1 fully saturated rings. The molecule has 0 unspecified atom stereocenters. The number of amides is 1. The highest BCUT2D eigenvalue weighted by Gasteiger charge is 2.33.